The van der Waals surface area contributed by atoms with Crippen LogP contribution in [-0.4, -0.2) is 18.3 Å². The molecule has 0 atom stereocenters. The molecule has 0 saturated carbocycles. The molecule has 0 aliphatic heterocycles. The van der Waals surface area contributed by atoms with Crippen LogP contribution in [0.15, 0.2) is 29.3 Å². The molecule has 1 aromatic carbocycles. The van der Waals surface area contributed by atoms with Crippen molar-refractivity contribution in [3.05, 3.63) is 29.3 Å². The minimum Gasteiger partial charge on any atom is -0.466 e. The van der Waals surface area contributed by atoms with Gasteiger partial charge in [-0.2, -0.15) is 0 Å². The first-order valence-electron chi connectivity index (χ1n) is 5.07. The molecule has 4 heteroatoms. The summed E-state index contributed by atoms with van der Waals surface area (Å²) in [7, 11) is 0. The standard InChI is InChI=1S/C12H14ClNO2/c1-3-16-12(15)8-9(2)14-11-7-5-4-6-10(11)13/h4-7H,3,8H2,1-2H3/b14-9+. The summed E-state index contributed by atoms with van der Waals surface area (Å²) in [5.74, 6) is -0.268. The summed E-state index contributed by atoms with van der Waals surface area (Å²) in [6.07, 6.45) is 0.194. The van der Waals surface area contributed by atoms with E-state index in [9.17, 15) is 4.79 Å². The number of benzene rings is 1. The van der Waals surface area contributed by atoms with Crippen LogP contribution in [0.3, 0.4) is 0 Å². The molecule has 0 unspecified atom stereocenters. The maximum Gasteiger partial charge on any atom is 0.311 e. The summed E-state index contributed by atoms with van der Waals surface area (Å²) in [6.45, 7) is 3.94. The van der Waals surface area contributed by atoms with Crippen LogP contribution in [0.1, 0.15) is 20.3 Å². The van der Waals surface area contributed by atoms with Crippen molar-refractivity contribution in [1.82, 2.24) is 0 Å². The van der Waals surface area contributed by atoms with Crippen LogP contribution < -0.4 is 0 Å². The Hall–Kier alpha value is -1.35. The van der Waals surface area contributed by atoms with Gasteiger partial charge in [-0.1, -0.05) is 23.7 Å². The lowest BCUT2D eigenvalue weighted by atomic mass is 10.3. The second-order valence-corrected chi connectivity index (χ2v) is 3.69. The summed E-state index contributed by atoms with van der Waals surface area (Å²) >= 11 is 5.94. The number of hydrogen-bond donors (Lipinski definition) is 0. The van der Waals surface area contributed by atoms with Crippen molar-refractivity contribution in [3.8, 4) is 0 Å². The average molecular weight is 240 g/mol. The molecule has 0 aliphatic rings. The number of hydrogen-bond acceptors (Lipinski definition) is 3. The molecule has 0 aromatic heterocycles. The van der Waals surface area contributed by atoms with Crippen molar-refractivity contribution in [2.45, 2.75) is 20.3 Å². The summed E-state index contributed by atoms with van der Waals surface area (Å²) in [5, 5.41) is 0.575. The maximum atomic E-state index is 11.2. The van der Waals surface area contributed by atoms with Crippen molar-refractivity contribution >= 4 is 29.0 Å². The number of para-hydroxylation sites is 1. The minimum atomic E-state index is -0.268. The Labute approximate surface area is 100 Å². The van der Waals surface area contributed by atoms with E-state index in [1.807, 2.05) is 12.1 Å². The van der Waals surface area contributed by atoms with E-state index in [4.69, 9.17) is 16.3 Å². The number of rotatable bonds is 4. The van der Waals surface area contributed by atoms with Gasteiger partial charge in [-0.3, -0.25) is 9.79 Å². The smallest absolute Gasteiger partial charge is 0.311 e. The number of esters is 1. The zero-order valence-electron chi connectivity index (χ0n) is 9.37. The zero-order chi connectivity index (χ0) is 12.0. The van der Waals surface area contributed by atoms with Gasteiger partial charge in [-0.15, -0.1) is 0 Å². The van der Waals surface area contributed by atoms with Crippen LogP contribution in [0.2, 0.25) is 5.02 Å². The van der Waals surface area contributed by atoms with Crippen LogP contribution in [0.4, 0.5) is 5.69 Å². The van der Waals surface area contributed by atoms with Crippen molar-refractivity contribution < 1.29 is 9.53 Å². The summed E-state index contributed by atoms with van der Waals surface area (Å²) < 4.78 is 4.83. The number of aliphatic imine (C=N–C) groups is 1. The molecule has 1 rings (SSSR count). The molecule has 86 valence electrons. The highest BCUT2D eigenvalue weighted by molar-refractivity contribution is 6.33. The number of carbonyl (C=O) groups is 1. The van der Waals surface area contributed by atoms with Gasteiger partial charge in [0.2, 0.25) is 0 Å². The van der Waals surface area contributed by atoms with Gasteiger partial charge in [0.1, 0.15) is 0 Å². The van der Waals surface area contributed by atoms with Crippen LogP contribution in [0, 0.1) is 0 Å². The van der Waals surface area contributed by atoms with E-state index in [-0.39, 0.29) is 12.4 Å². The second kappa shape index (κ2) is 6.28. The van der Waals surface area contributed by atoms with E-state index in [0.717, 1.165) is 0 Å². The number of halogens is 1. The Morgan fingerprint density at radius 1 is 1.44 bits per heavy atom. The fraction of sp³-hybridized carbons (Fsp3) is 0.333. The molecule has 3 nitrogen and oxygen atoms in total. The lowest BCUT2D eigenvalue weighted by Crippen LogP contribution is -2.08. The van der Waals surface area contributed by atoms with Crippen molar-refractivity contribution in [2.24, 2.45) is 4.99 Å². The van der Waals surface area contributed by atoms with Crippen LogP contribution in [0.5, 0.6) is 0 Å². The summed E-state index contributed by atoms with van der Waals surface area (Å²) in [6, 6.07) is 7.25. The number of ether oxygens (including phenoxy) is 1. The lowest BCUT2D eigenvalue weighted by Gasteiger charge is -2.02. The fourth-order valence-corrected chi connectivity index (χ4v) is 1.39. The van der Waals surface area contributed by atoms with E-state index in [2.05, 4.69) is 4.99 Å². The topological polar surface area (TPSA) is 38.7 Å². The Morgan fingerprint density at radius 2 is 2.12 bits per heavy atom. The molecule has 0 bridgehead atoms. The van der Waals surface area contributed by atoms with Gasteiger partial charge in [-0.05, 0) is 26.0 Å². The predicted octanol–water partition coefficient (Wildman–Crippen LogP) is 3.39. The van der Waals surface area contributed by atoms with Crippen LogP contribution in [-0.2, 0) is 9.53 Å². The average Bonchev–Trinajstić information content (AvgIpc) is 2.21. The molecule has 0 heterocycles. The van der Waals surface area contributed by atoms with Gasteiger partial charge < -0.3 is 4.74 Å². The molecule has 0 radical (unpaired) electrons. The first kappa shape index (κ1) is 12.7. The van der Waals surface area contributed by atoms with Gasteiger partial charge in [0.05, 0.1) is 23.7 Å². The summed E-state index contributed by atoms with van der Waals surface area (Å²) in [5.41, 5.74) is 1.36. The van der Waals surface area contributed by atoms with E-state index >= 15 is 0 Å². The molecular formula is C12H14ClNO2. The Balaban J connectivity index is 2.70. The van der Waals surface area contributed by atoms with Gasteiger partial charge in [0, 0.05) is 5.71 Å². The van der Waals surface area contributed by atoms with Crippen molar-refractivity contribution in [1.29, 1.82) is 0 Å². The number of carbonyl (C=O) groups excluding carboxylic acids is 1. The molecular weight excluding hydrogens is 226 g/mol. The first-order valence-corrected chi connectivity index (χ1v) is 5.45. The minimum absolute atomic E-state index is 0.194. The van der Waals surface area contributed by atoms with E-state index < -0.39 is 0 Å². The van der Waals surface area contributed by atoms with Crippen molar-refractivity contribution in [2.75, 3.05) is 6.61 Å². The number of nitrogens with zero attached hydrogens (tertiary/aromatic N) is 1. The van der Waals surface area contributed by atoms with E-state index in [1.165, 1.54) is 0 Å². The molecule has 0 N–H and O–H groups in total. The molecule has 0 aliphatic carbocycles. The third kappa shape index (κ3) is 4.03. The largest absolute Gasteiger partial charge is 0.466 e. The quantitative estimate of drug-likeness (QED) is 0.597. The molecule has 16 heavy (non-hydrogen) atoms. The Morgan fingerprint density at radius 3 is 2.75 bits per heavy atom. The van der Waals surface area contributed by atoms with Crippen LogP contribution in [0.25, 0.3) is 0 Å². The SMILES string of the molecule is CCOC(=O)C/C(C)=N/c1ccccc1Cl. The Bertz CT molecular complexity index is 402. The van der Waals surface area contributed by atoms with Gasteiger partial charge in [0.15, 0.2) is 0 Å². The fourth-order valence-electron chi connectivity index (χ4n) is 1.21. The molecule has 0 amide bonds. The summed E-state index contributed by atoms with van der Waals surface area (Å²) in [4.78, 5) is 15.5. The van der Waals surface area contributed by atoms with Gasteiger partial charge >= 0.3 is 5.97 Å². The third-order valence-corrected chi connectivity index (χ3v) is 2.19. The van der Waals surface area contributed by atoms with E-state index in [0.29, 0.717) is 23.0 Å². The lowest BCUT2D eigenvalue weighted by molar-refractivity contribution is -0.141. The first-order chi connectivity index (χ1) is 7.63. The molecule has 1 aromatic rings. The maximum absolute atomic E-state index is 11.2. The van der Waals surface area contributed by atoms with Gasteiger partial charge in [-0.25, -0.2) is 0 Å². The predicted molar refractivity (Wildman–Crippen MR) is 65.5 cm³/mol. The zero-order valence-corrected chi connectivity index (χ0v) is 10.1. The van der Waals surface area contributed by atoms with E-state index in [1.54, 1.807) is 26.0 Å². The highest BCUT2D eigenvalue weighted by atomic mass is 35.5. The highest BCUT2D eigenvalue weighted by Crippen LogP contribution is 2.24. The Kier molecular flexibility index (Phi) is 4.99. The molecule has 0 spiro atoms. The molecule has 0 fully saturated rings. The monoisotopic (exact) mass is 239 g/mol. The molecule has 0 saturated heterocycles. The van der Waals surface area contributed by atoms with Gasteiger partial charge in [0.25, 0.3) is 0 Å². The van der Waals surface area contributed by atoms with Crippen molar-refractivity contribution in [3.63, 3.8) is 0 Å². The third-order valence-electron chi connectivity index (χ3n) is 1.87. The van der Waals surface area contributed by atoms with Crippen LogP contribution >= 0.6 is 11.6 Å². The normalized spacial score (nSPS) is 11.3. The second-order valence-electron chi connectivity index (χ2n) is 3.28. The highest BCUT2D eigenvalue weighted by Gasteiger charge is 2.04.